The zero-order chi connectivity index (χ0) is 37.7. The lowest BCUT2D eigenvalue weighted by Crippen LogP contribution is -2.54. The van der Waals surface area contributed by atoms with Crippen molar-refractivity contribution in [3.05, 3.63) is 68.5 Å². The fourth-order valence-electron chi connectivity index (χ4n) is 6.05. The molecule has 0 bridgehead atoms. The topological polar surface area (TPSA) is 258 Å². The van der Waals surface area contributed by atoms with Crippen LogP contribution >= 0.6 is 22.9 Å². The predicted molar refractivity (Wildman–Crippen MR) is 184 cm³/mol. The maximum atomic E-state index is 13.4. The summed E-state index contributed by atoms with van der Waals surface area (Å²) in [5.41, 5.74) is -1.43. The number of amides is 2. The van der Waals surface area contributed by atoms with Crippen molar-refractivity contribution < 1.29 is 48.8 Å². The standard InChI is InChI=1S/C27H28ClN7O3S.C6H8O7/c1-14-33-34-26(38-14)16-4-6-19(30-24(36)22-10-15-3-5-18(28)9-17(15)12-29-22)21(11-16)31-25(37)27-32-20-7-8-35(2)13-23(20)39-27;7-3(8)1-6(13,5(11)12)2-4(9)10/h3,5,9-10,12,16,19,21H,4,6-8,11,13H2,1-2H3,(H,30,36)(H,31,37);13H,1-2H2,(H,7,8)(H,9,10)(H,11,12)/t16-,19-,21+;/m0./s1. The summed E-state index contributed by atoms with van der Waals surface area (Å²) in [4.78, 5) is 69.5. The van der Waals surface area contributed by atoms with Crippen LogP contribution in [0.25, 0.3) is 10.8 Å². The molecule has 0 radical (unpaired) electrons. The number of carboxylic acids is 3. The van der Waals surface area contributed by atoms with E-state index in [2.05, 4.69) is 42.7 Å². The number of aliphatic carboxylic acids is 3. The SMILES string of the molecule is Cc1nnc([C@H]2CC[C@H](NC(=O)c3cc4ccc(Cl)cc4cn3)[C@H](NC(=O)c3nc4c(s3)CN(C)CC4)C2)o1.O=C(O)CC(O)(CC(=O)O)C(=O)O. The Labute approximate surface area is 305 Å². The summed E-state index contributed by atoms with van der Waals surface area (Å²) >= 11 is 7.52. The summed E-state index contributed by atoms with van der Waals surface area (Å²) in [5, 5.41) is 51.1. The van der Waals surface area contributed by atoms with Gasteiger partial charge in [0.1, 0.15) is 5.69 Å². The molecule has 19 heteroatoms. The number of nitrogens with zero attached hydrogens (tertiary/aromatic N) is 5. The van der Waals surface area contributed by atoms with E-state index >= 15 is 0 Å². The van der Waals surface area contributed by atoms with Crippen LogP contribution in [-0.2, 0) is 27.3 Å². The van der Waals surface area contributed by atoms with Crippen molar-refractivity contribution in [3.8, 4) is 0 Å². The smallest absolute Gasteiger partial charge is 0.336 e. The van der Waals surface area contributed by atoms with Crippen LogP contribution < -0.4 is 10.6 Å². The van der Waals surface area contributed by atoms with Gasteiger partial charge in [0, 0.05) is 59.9 Å². The molecule has 4 aromatic rings. The Kier molecular flexibility index (Phi) is 11.8. The molecular formula is C33H36ClN7O10S. The van der Waals surface area contributed by atoms with Crippen LogP contribution in [-0.4, -0.2) is 106 Å². The van der Waals surface area contributed by atoms with E-state index in [1.807, 2.05) is 12.1 Å². The highest BCUT2D eigenvalue weighted by Gasteiger charge is 2.41. The molecular weight excluding hydrogens is 722 g/mol. The van der Waals surface area contributed by atoms with Gasteiger partial charge < -0.3 is 40.4 Å². The summed E-state index contributed by atoms with van der Waals surface area (Å²) in [7, 11) is 2.07. The minimum Gasteiger partial charge on any atom is -0.481 e. The number of benzene rings is 1. The normalized spacial score (nSPS) is 18.8. The summed E-state index contributed by atoms with van der Waals surface area (Å²) in [6.07, 6.45) is 2.11. The number of rotatable bonds is 10. The number of aryl methyl sites for hydroxylation is 1. The lowest BCUT2D eigenvalue weighted by molar-refractivity contribution is -0.170. The highest BCUT2D eigenvalue weighted by Crippen LogP contribution is 2.33. The van der Waals surface area contributed by atoms with E-state index in [9.17, 15) is 24.0 Å². The van der Waals surface area contributed by atoms with Gasteiger partial charge in [-0.2, -0.15) is 0 Å². The number of pyridine rings is 1. The Morgan fingerprint density at radius 2 is 1.71 bits per heavy atom. The molecule has 6 N–H and O–H groups in total. The van der Waals surface area contributed by atoms with Crippen LogP contribution in [0, 0.1) is 6.92 Å². The fraction of sp³-hybridized carbons (Fsp3) is 0.424. The number of likely N-dealkylation sites (N-methyl/N-ethyl adjacent to an activating group) is 1. The van der Waals surface area contributed by atoms with Gasteiger partial charge in [-0.15, -0.1) is 21.5 Å². The number of halogens is 1. The number of nitrogens with one attached hydrogen (secondary N) is 2. The van der Waals surface area contributed by atoms with Crippen molar-refractivity contribution in [2.75, 3.05) is 13.6 Å². The lowest BCUT2D eigenvalue weighted by Gasteiger charge is -2.35. The van der Waals surface area contributed by atoms with Crippen molar-refractivity contribution in [3.63, 3.8) is 0 Å². The molecule has 1 fully saturated rings. The number of aromatic nitrogens is 4. The fourth-order valence-corrected chi connectivity index (χ4v) is 7.32. The molecule has 276 valence electrons. The summed E-state index contributed by atoms with van der Waals surface area (Å²) in [5.74, 6) is -4.51. The number of thiazole rings is 1. The molecule has 0 saturated heterocycles. The Morgan fingerprint density at radius 3 is 2.37 bits per heavy atom. The molecule has 6 rings (SSSR count). The third-order valence-corrected chi connectivity index (χ3v) is 10.0. The first-order valence-corrected chi connectivity index (χ1v) is 17.3. The highest BCUT2D eigenvalue weighted by molar-refractivity contribution is 7.13. The molecule has 3 aromatic heterocycles. The number of hydrogen-bond acceptors (Lipinski definition) is 13. The number of aliphatic hydroxyl groups is 1. The minimum absolute atomic E-state index is 0.0219. The quantitative estimate of drug-likeness (QED) is 0.136. The molecule has 2 aliphatic rings. The zero-order valence-electron chi connectivity index (χ0n) is 28.0. The van der Waals surface area contributed by atoms with Crippen molar-refractivity contribution >= 4 is 63.4 Å². The molecule has 0 unspecified atom stereocenters. The van der Waals surface area contributed by atoms with Crippen LogP contribution in [0.2, 0.25) is 5.02 Å². The van der Waals surface area contributed by atoms with Crippen molar-refractivity contribution in [1.82, 2.24) is 35.7 Å². The van der Waals surface area contributed by atoms with E-state index in [1.54, 1.807) is 25.3 Å². The monoisotopic (exact) mass is 757 g/mol. The predicted octanol–water partition coefficient (Wildman–Crippen LogP) is 2.64. The Hall–Kier alpha value is -5.04. The van der Waals surface area contributed by atoms with E-state index in [4.69, 9.17) is 36.4 Å². The van der Waals surface area contributed by atoms with Gasteiger partial charge in [0.25, 0.3) is 11.8 Å². The van der Waals surface area contributed by atoms with Gasteiger partial charge in [0.2, 0.25) is 11.8 Å². The molecule has 2 amide bonds. The lowest BCUT2D eigenvalue weighted by atomic mass is 9.82. The van der Waals surface area contributed by atoms with Crippen LogP contribution in [0.3, 0.4) is 0 Å². The van der Waals surface area contributed by atoms with Gasteiger partial charge in [0.05, 0.1) is 24.6 Å². The maximum Gasteiger partial charge on any atom is 0.336 e. The van der Waals surface area contributed by atoms with Crippen LogP contribution in [0.15, 0.2) is 34.9 Å². The van der Waals surface area contributed by atoms with Crippen molar-refractivity contribution in [1.29, 1.82) is 0 Å². The van der Waals surface area contributed by atoms with Gasteiger partial charge in [-0.25, -0.2) is 9.78 Å². The second-order valence-corrected chi connectivity index (χ2v) is 14.3. The minimum atomic E-state index is -2.74. The first-order chi connectivity index (χ1) is 24.6. The first kappa shape index (κ1) is 38.2. The molecule has 1 aromatic carbocycles. The van der Waals surface area contributed by atoms with Gasteiger partial charge >= 0.3 is 17.9 Å². The second kappa shape index (κ2) is 16.1. The Balaban J connectivity index is 0.000000345. The van der Waals surface area contributed by atoms with E-state index in [1.165, 1.54) is 11.3 Å². The molecule has 1 aliphatic carbocycles. The maximum absolute atomic E-state index is 13.4. The largest absolute Gasteiger partial charge is 0.481 e. The van der Waals surface area contributed by atoms with Gasteiger partial charge in [-0.05, 0) is 49.9 Å². The van der Waals surface area contributed by atoms with E-state index in [-0.39, 0.29) is 29.8 Å². The summed E-state index contributed by atoms with van der Waals surface area (Å²) in [6, 6.07) is 6.55. The molecule has 1 saturated carbocycles. The summed E-state index contributed by atoms with van der Waals surface area (Å²) in [6.45, 7) is 3.48. The number of carbonyl (C=O) groups excluding carboxylic acids is 2. The first-order valence-electron chi connectivity index (χ1n) is 16.1. The number of carbonyl (C=O) groups is 5. The molecule has 1 aliphatic heterocycles. The van der Waals surface area contributed by atoms with Gasteiger partial charge in [-0.3, -0.25) is 24.2 Å². The third-order valence-electron chi connectivity index (χ3n) is 8.69. The number of fused-ring (bicyclic) bond motifs is 2. The third kappa shape index (κ3) is 9.44. The van der Waals surface area contributed by atoms with Crippen molar-refractivity contribution in [2.24, 2.45) is 0 Å². The van der Waals surface area contributed by atoms with Gasteiger partial charge in [-0.1, -0.05) is 17.7 Å². The zero-order valence-corrected chi connectivity index (χ0v) is 29.6. The van der Waals surface area contributed by atoms with Crippen LogP contribution in [0.1, 0.15) is 80.7 Å². The molecule has 0 spiro atoms. The molecule has 17 nitrogen and oxygen atoms in total. The Morgan fingerprint density at radius 1 is 1.00 bits per heavy atom. The average molecular weight is 758 g/mol. The average Bonchev–Trinajstić information content (AvgIpc) is 3.70. The molecule has 4 heterocycles. The van der Waals surface area contributed by atoms with Crippen LogP contribution in [0.4, 0.5) is 0 Å². The Bertz CT molecular complexity index is 1990. The van der Waals surface area contributed by atoms with E-state index in [0.29, 0.717) is 40.3 Å². The second-order valence-electron chi connectivity index (χ2n) is 12.7. The van der Waals surface area contributed by atoms with Crippen LogP contribution in [0.5, 0.6) is 0 Å². The molecule has 52 heavy (non-hydrogen) atoms. The summed E-state index contributed by atoms with van der Waals surface area (Å²) < 4.78 is 5.70. The van der Waals surface area contributed by atoms with E-state index < -0.39 is 36.4 Å². The highest BCUT2D eigenvalue weighted by atomic mass is 35.5. The van der Waals surface area contributed by atoms with Gasteiger partial charge in [0.15, 0.2) is 10.6 Å². The number of carboxylic acid groups (broad SMARTS) is 3. The number of hydrogen-bond donors (Lipinski definition) is 6. The van der Waals surface area contributed by atoms with Crippen molar-refractivity contribution in [2.45, 2.75) is 75.6 Å². The van der Waals surface area contributed by atoms with E-state index in [0.717, 1.165) is 47.3 Å². The molecule has 3 atom stereocenters.